The van der Waals surface area contributed by atoms with Crippen LogP contribution in [0.4, 0.5) is 5.69 Å². The van der Waals surface area contributed by atoms with Gasteiger partial charge < -0.3 is 19.0 Å². The normalized spacial score (nSPS) is 11.0. The molecule has 3 aromatic heterocycles. The van der Waals surface area contributed by atoms with E-state index in [1.807, 2.05) is 13.0 Å². The molecule has 0 spiro atoms. The van der Waals surface area contributed by atoms with Gasteiger partial charge in [0.15, 0.2) is 6.61 Å². The summed E-state index contributed by atoms with van der Waals surface area (Å²) in [5, 5.41) is 7.35. The van der Waals surface area contributed by atoms with E-state index in [9.17, 15) is 9.59 Å². The fraction of sp³-hybridized carbons (Fsp3) is 0.182. The van der Waals surface area contributed by atoms with Crippen LogP contribution in [0, 0.1) is 20.8 Å². The Hall–Kier alpha value is -3.36. The summed E-state index contributed by atoms with van der Waals surface area (Å²) in [6.45, 7) is 4.76. The van der Waals surface area contributed by atoms with Crippen LogP contribution in [0.1, 0.15) is 27.6 Å². The number of furan rings is 1. The fourth-order valence-electron chi connectivity index (χ4n) is 3.27. The van der Waals surface area contributed by atoms with Crippen LogP contribution in [-0.4, -0.2) is 28.6 Å². The highest BCUT2D eigenvalue weighted by atomic mass is 35.5. The third-order valence-electron chi connectivity index (χ3n) is 4.71. The molecule has 0 saturated heterocycles. The van der Waals surface area contributed by atoms with Crippen molar-refractivity contribution in [2.75, 3.05) is 11.9 Å². The van der Waals surface area contributed by atoms with E-state index in [0.717, 1.165) is 0 Å². The van der Waals surface area contributed by atoms with Gasteiger partial charge in [-0.3, -0.25) is 4.79 Å². The lowest BCUT2D eigenvalue weighted by Crippen LogP contribution is -2.21. The summed E-state index contributed by atoms with van der Waals surface area (Å²) in [6, 6.07) is 8.19. The van der Waals surface area contributed by atoms with Crippen LogP contribution >= 0.6 is 23.2 Å². The number of carbonyl (C=O) groups excluding carboxylic acids is 2. The number of benzene rings is 1. The van der Waals surface area contributed by atoms with E-state index in [2.05, 4.69) is 15.5 Å². The van der Waals surface area contributed by atoms with E-state index in [0.29, 0.717) is 44.6 Å². The summed E-state index contributed by atoms with van der Waals surface area (Å²) in [6.07, 6.45) is 0. The fourth-order valence-corrected chi connectivity index (χ4v) is 3.62. The van der Waals surface area contributed by atoms with E-state index >= 15 is 0 Å². The molecular formula is C22H17Cl2N3O5. The Labute approximate surface area is 192 Å². The standard InChI is InChI=1S/C22H17Cl2N3O5/c1-10-7-13(12(3)31-10)17-8-14(19-11(2)27-32-21(19)26-17)22(29)30-9-18(28)25-16-6-4-5-15(23)20(16)24/h4-8H,9H2,1-3H3,(H,25,28). The van der Waals surface area contributed by atoms with Crippen LogP contribution in [0.2, 0.25) is 10.0 Å². The minimum Gasteiger partial charge on any atom is -0.466 e. The van der Waals surface area contributed by atoms with Crippen LogP contribution in [0.25, 0.3) is 22.4 Å². The molecule has 1 amide bonds. The van der Waals surface area contributed by atoms with E-state index in [1.165, 1.54) is 0 Å². The van der Waals surface area contributed by atoms with Gasteiger partial charge in [0.05, 0.1) is 38.1 Å². The van der Waals surface area contributed by atoms with Crippen molar-refractivity contribution in [2.24, 2.45) is 0 Å². The van der Waals surface area contributed by atoms with Gasteiger partial charge in [-0.2, -0.15) is 0 Å². The number of fused-ring (bicyclic) bond motifs is 1. The van der Waals surface area contributed by atoms with Crippen molar-refractivity contribution in [1.82, 2.24) is 10.1 Å². The Balaban J connectivity index is 1.59. The first kappa shape index (κ1) is 21.9. The van der Waals surface area contributed by atoms with Crippen LogP contribution in [0.3, 0.4) is 0 Å². The van der Waals surface area contributed by atoms with Crippen LogP contribution < -0.4 is 5.32 Å². The predicted octanol–water partition coefficient (Wildman–Crippen LogP) is 5.51. The highest BCUT2D eigenvalue weighted by Crippen LogP contribution is 2.31. The van der Waals surface area contributed by atoms with Crippen molar-refractivity contribution in [2.45, 2.75) is 20.8 Å². The number of hydrogen-bond donors (Lipinski definition) is 1. The van der Waals surface area contributed by atoms with Crippen molar-refractivity contribution < 1.29 is 23.3 Å². The molecule has 8 nitrogen and oxygen atoms in total. The van der Waals surface area contributed by atoms with Crippen molar-refractivity contribution in [3.8, 4) is 11.3 Å². The first-order chi connectivity index (χ1) is 15.2. The van der Waals surface area contributed by atoms with E-state index in [1.54, 1.807) is 38.1 Å². The third kappa shape index (κ3) is 4.19. The van der Waals surface area contributed by atoms with Gasteiger partial charge in [0, 0.05) is 5.56 Å². The first-order valence-electron chi connectivity index (χ1n) is 9.50. The maximum Gasteiger partial charge on any atom is 0.339 e. The number of carbonyl (C=O) groups is 2. The van der Waals surface area contributed by atoms with E-state index in [4.69, 9.17) is 36.9 Å². The molecule has 10 heteroatoms. The minimum atomic E-state index is -0.727. The molecule has 0 radical (unpaired) electrons. The minimum absolute atomic E-state index is 0.176. The topological polar surface area (TPSA) is 107 Å². The lowest BCUT2D eigenvalue weighted by Gasteiger charge is -2.10. The zero-order valence-electron chi connectivity index (χ0n) is 17.3. The average Bonchev–Trinajstić information content (AvgIpc) is 3.30. The monoisotopic (exact) mass is 473 g/mol. The van der Waals surface area contributed by atoms with Gasteiger partial charge in [0.25, 0.3) is 11.6 Å². The Bertz CT molecular complexity index is 1360. The summed E-state index contributed by atoms with van der Waals surface area (Å²) >= 11 is 12.0. The molecule has 0 bridgehead atoms. The number of rotatable bonds is 5. The SMILES string of the molecule is Cc1cc(-c2cc(C(=O)OCC(=O)Nc3cccc(Cl)c3Cl)c3c(C)noc3n2)c(C)o1. The number of nitrogens with one attached hydrogen (secondary N) is 1. The second-order valence-corrected chi connectivity index (χ2v) is 7.84. The average molecular weight is 474 g/mol. The summed E-state index contributed by atoms with van der Waals surface area (Å²) < 4.78 is 16.1. The Kier molecular flexibility index (Phi) is 5.90. The van der Waals surface area contributed by atoms with Gasteiger partial charge in [-0.1, -0.05) is 34.4 Å². The number of hydrogen-bond acceptors (Lipinski definition) is 7. The van der Waals surface area contributed by atoms with Gasteiger partial charge >= 0.3 is 5.97 Å². The number of aromatic nitrogens is 2. The molecule has 1 N–H and O–H groups in total. The van der Waals surface area contributed by atoms with Gasteiger partial charge in [-0.25, -0.2) is 9.78 Å². The molecular weight excluding hydrogens is 457 g/mol. The molecule has 1 aromatic carbocycles. The van der Waals surface area contributed by atoms with Crippen molar-refractivity contribution in [3.05, 3.63) is 63.2 Å². The zero-order chi connectivity index (χ0) is 23.0. The van der Waals surface area contributed by atoms with Gasteiger partial charge in [0.1, 0.15) is 11.5 Å². The lowest BCUT2D eigenvalue weighted by molar-refractivity contribution is -0.119. The number of halogens is 2. The van der Waals surface area contributed by atoms with E-state index in [-0.39, 0.29) is 16.3 Å². The van der Waals surface area contributed by atoms with Crippen LogP contribution in [0.5, 0.6) is 0 Å². The second-order valence-electron chi connectivity index (χ2n) is 7.06. The van der Waals surface area contributed by atoms with Gasteiger partial charge in [-0.05, 0) is 45.0 Å². The lowest BCUT2D eigenvalue weighted by atomic mass is 10.1. The number of nitrogens with zero attached hydrogens (tertiary/aromatic N) is 2. The maximum absolute atomic E-state index is 12.9. The number of aryl methyl sites for hydroxylation is 3. The number of ether oxygens (including phenoxy) is 1. The molecule has 3 heterocycles. The molecule has 4 aromatic rings. The highest BCUT2D eigenvalue weighted by Gasteiger charge is 2.22. The van der Waals surface area contributed by atoms with Crippen molar-refractivity contribution >= 4 is 51.9 Å². The molecule has 4 rings (SSSR count). The van der Waals surface area contributed by atoms with Gasteiger partial charge in [-0.15, -0.1) is 0 Å². The largest absolute Gasteiger partial charge is 0.466 e. The highest BCUT2D eigenvalue weighted by molar-refractivity contribution is 6.44. The molecule has 0 saturated carbocycles. The molecule has 0 aliphatic rings. The maximum atomic E-state index is 12.9. The number of esters is 1. The number of anilines is 1. The van der Waals surface area contributed by atoms with E-state index < -0.39 is 18.5 Å². The van der Waals surface area contributed by atoms with Gasteiger partial charge in [0.2, 0.25) is 0 Å². The molecule has 164 valence electrons. The molecule has 0 atom stereocenters. The van der Waals surface area contributed by atoms with Crippen LogP contribution in [-0.2, 0) is 9.53 Å². The third-order valence-corrected chi connectivity index (χ3v) is 5.53. The Morgan fingerprint density at radius 2 is 1.94 bits per heavy atom. The zero-order valence-corrected chi connectivity index (χ0v) is 18.8. The Morgan fingerprint density at radius 1 is 1.16 bits per heavy atom. The summed E-state index contributed by atoms with van der Waals surface area (Å²) in [7, 11) is 0. The molecule has 32 heavy (non-hydrogen) atoms. The van der Waals surface area contributed by atoms with Crippen LogP contribution in [0.15, 0.2) is 39.3 Å². The molecule has 0 unspecified atom stereocenters. The molecule has 0 aliphatic heterocycles. The first-order valence-corrected chi connectivity index (χ1v) is 10.3. The molecule has 0 fully saturated rings. The second kappa shape index (κ2) is 8.64. The summed E-state index contributed by atoms with van der Waals surface area (Å²) in [5.74, 6) is 0.0443. The number of pyridine rings is 1. The van der Waals surface area contributed by atoms with Crippen molar-refractivity contribution in [1.29, 1.82) is 0 Å². The quantitative estimate of drug-likeness (QED) is 0.380. The van der Waals surface area contributed by atoms with Crippen molar-refractivity contribution in [3.63, 3.8) is 0 Å². The molecule has 0 aliphatic carbocycles. The summed E-state index contributed by atoms with van der Waals surface area (Å²) in [5.41, 5.74) is 2.32. The number of amides is 1. The predicted molar refractivity (Wildman–Crippen MR) is 119 cm³/mol. The smallest absolute Gasteiger partial charge is 0.339 e. The summed E-state index contributed by atoms with van der Waals surface area (Å²) in [4.78, 5) is 29.6. The Morgan fingerprint density at radius 3 is 2.66 bits per heavy atom.